The molecule has 9 nitrogen and oxygen atoms in total. The first-order valence-corrected chi connectivity index (χ1v) is 13.0. The standard InChI is InChI=1S/C25H29N5O4S/c1-16-4-10-19(11-5-16)35(31,32)29-22-15-34-23-21(14-33-24(22)23)28-25-26-13-12-20(27-25)17-6-8-18(9-7-17)30(2)3/h4-13,21-24,29H,14-15H2,1-3H3,(H,26,27,28)/t21-,22+,23-,24+/m0/s1. The Bertz CT molecular complexity index is 1280. The van der Waals surface area contributed by atoms with Crippen molar-refractivity contribution in [1.82, 2.24) is 14.7 Å². The largest absolute Gasteiger partial charge is 0.378 e. The van der Waals surface area contributed by atoms with E-state index in [1.807, 2.05) is 56.3 Å². The van der Waals surface area contributed by atoms with Gasteiger partial charge in [-0.05, 0) is 37.3 Å². The highest BCUT2D eigenvalue weighted by atomic mass is 32.2. The van der Waals surface area contributed by atoms with E-state index in [-0.39, 0.29) is 23.6 Å². The normalized spacial score (nSPS) is 23.7. The van der Waals surface area contributed by atoms with E-state index in [0.717, 1.165) is 22.5 Å². The van der Waals surface area contributed by atoms with Crippen LogP contribution in [0.25, 0.3) is 11.3 Å². The van der Waals surface area contributed by atoms with Crippen molar-refractivity contribution in [2.45, 2.75) is 36.1 Å². The topological polar surface area (TPSA) is 106 Å². The molecule has 0 amide bonds. The fourth-order valence-electron chi connectivity index (χ4n) is 4.39. The number of hydrogen-bond donors (Lipinski definition) is 2. The van der Waals surface area contributed by atoms with E-state index in [1.54, 1.807) is 30.5 Å². The Morgan fingerprint density at radius 3 is 2.26 bits per heavy atom. The minimum atomic E-state index is -3.68. The second-order valence-corrected chi connectivity index (χ2v) is 10.8. The first-order chi connectivity index (χ1) is 16.8. The number of rotatable bonds is 7. The lowest BCUT2D eigenvalue weighted by Crippen LogP contribution is -2.44. The van der Waals surface area contributed by atoms with Crippen molar-refractivity contribution in [2.75, 3.05) is 37.5 Å². The van der Waals surface area contributed by atoms with Crippen molar-refractivity contribution in [3.63, 3.8) is 0 Å². The molecule has 0 saturated carbocycles. The summed E-state index contributed by atoms with van der Waals surface area (Å²) in [5.41, 5.74) is 3.91. The maximum absolute atomic E-state index is 12.8. The van der Waals surface area contributed by atoms with Gasteiger partial charge in [-0.3, -0.25) is 0 Å². The van der Waals surface area contributed by atoms with Crippen LogP contribution in [0, 0.1) is 6.92 Å². The molecule has 0 unspecified atom stereocenters. The lowest BCUT2D eigenvalue weighted by atomic mass is 10.1. The lowest BCUT2D eigenvalue weighted by Gasteiger charge is -2.18. The summed E-state index contributed by atoms with van der Waals surface area (Å²) in [7, 11) is 0.325. The van der Waals surface area contributed by atoms with Crippen molar-refractivity contribution in [3.8, 4) is 11.3 Å². The average molecular weight is 496 g/mol. The Morgan fingerprint density at radius 1 is 0.914 bits per heavy atom. The molecule has 35 heavy (non-hydrogen) atoms. The number of ether oxygens (including phenoxy) is 2. The summed E-state index contributed by atoms with van der Waals surface area (Å²) < 4.78 is 40.3. The van der Waals surface area contributed by atoms with Gasteiger partial charge in [-0.25, -0.2) is 23.1 Å². The van der Waals surface area contributed by atoms with Crippen LogP contribution < -0.4 is 14.9 Å². The number of benzene rings is 2. The predicted molar refractivity (Wildman–Crippen MR) is 134 cm³/mol. The first kappa shape index (κ1) is 23.7. The van der Waals surface area contributed by atoms with E-state index < -0.39 is 22.2 Å². The van der Waals surface area contributed by atoms with Gasteiger partial charge in [-0.1, -0.05) is 29.8 Å². The van der Waals surface area contributed by atoms with Gasteiger partial charge in [0.05, 0.1) is 35.9 Å². The Morgan fingerprint density at radius 2 is 1.57 bits per heavy atom. The van der Waals surface area contributed by atoms with Gasteiger partial charge in [0.2, 0.25) is 16.0 Å². The SMILES string of the molecule is Cc1ccc(S(=O)(=O)N[C@@H]2CO[C@@H]3[C@@H]2OC[C@@H]3Nc2nccc(-c3ccc(N(C)C)cc3)n2)cc1. The third-order valence-electron chi connectivity index (χ3n) is 6.34. The van der Waals surface area contributed by atoms with E-state index in [0.29, 0.717) is 12.6 Å². The molecule has 2 aliphatic heterocycles. The molecule has 0 radical (unpaired) electrons. The summed E-state index contributed by atoms with van der Waals surface area (Å²) in [5.74, 6) is 0.473. The van der Waals surface area contributed by atoms with Crippen molar-refractivity contribution in [2.24, 2.45) is 0 Å². The van der Waals surface area contributed by atoms with E-state index in [4.69, 9.17) is 9.47 Å². The zero-order valence-electron chi connectivity index (χ0n) is 19.9. The van der Waals surface area contributed by atoms with Crippen LogP contribution in [0.15, 0.2) is 65.7 Å². The van der Waals surface area contributed by atoms with Crippen LogP contribution in [0.2, 0.25) is 0 Å². The monoisotopic (exact) mass is 495 g/mol. The van der Waals surface area contributed by atoms with Crippen LogP contribution in [0.4, 0.5) is 11.6 Å². The summed E-state index contributed by atoms with van der Waals surface area (Å²) in [6, 6.07) is 16.1. The molecule has 3 heterocycles. The number of nitrogens with one attached hydrogen (secondary N) is 2. The molecule has 0 aliphatic carbocycles. The molecule has 2 fully saturated rings. The Labute approximate surface area is 205 Å². The van der Waals surface area contributed by atoms with Gasteiger partial charge < -0.3 is 19.7 Å². The van der Waals surface area contributed by atoms with Crippen LogP contribution in [0.5, 0.6) is 0 Å². The molecule has 2 aliphatic rings. The summed E-state index contributed by atoms with van der Waals surface area (Å²) in [5, 5.41) is 3.32. The molecular weight excluding hydrogens is 466 g/mol. The molecule has 3 aromatic rings. The molecule has 0 spiro atoms. The lowest BCUT2D eigenvalue weighted by molar-refractivity contribution is 0.0690. The van der Waals surface area contributed by atoms with Crippen LogP contribution in [0.3, 0.4) is 0 Å². The third-order valence-corrected chi connectivity index (χ3v) is 7.85. The summed E-state index contributed by atoms with van der Waals surface area (Å²) >= 11 is 0. The molecule has 5 rings (SSSR count). The van der Waals surface area contributed by atoms with Gasteiger partial charge in [0.25, 0.3) is 0 Å². The van der Waals surface area contributed by atoms with Gasteiger partial charge in [0.1, 0.15) is 12.2 Å². The molecular formula is C25H29N5O4S. The van der Waals surface area contributed by atoms with Gasteiger partial charge in [-0.2, -0.15) is 0 Å². The Hall–Kier alpha value is -3.05. The number of hydrogen-bond acceptors (Lipinski definition) is 8. The Balaban J connectivity index is 1.25. The molecule has 0 bridgehead atoms. The number of fused-ring (bicyclic) bond motifs is 1. The highest BCUT2D eigenvalue weighted by molar-refractivity contribution is 7.89. The molecule has 1 aromatic heterocycles. The zero-order chi connectivity index (χ0) is 24.6. The zero-order valence-corrected chi connectivity index (χ0v) is 20.7. The van der Waals surface area contributed by atoms with Crippen LogP contribution in [-0.2, 0) is 19.5 Å². The van der Waals surface area contributed by atoms with Crippen LogP contribution in [-0.4, -0.2) is 70.0 Å². The van der Waals surface area contributed by atoms with Gasteiger partial charge >= 0.3 is 0 Å². The molecule has 10 heteroatoms. The van der Waals surface area contributed by atoms with Crippen LogP contribution >= 0.6 is 0 Å². The number of aromatic nitrogens is 2. The highest BCUT2D eigenvalue weighted by Gasteiger charge is 2.49. The number of anilines is 2. The molecule has 184 valence electrons. The number of nitrogens with zero attached hydrogens (tertiary/aromatic N) is 3. The highest BCUT2D eigenvalue weighted by Crippen LogP contribution is 2.30. The second kappa shape index (κ2) is 9.54. The third kappa shape index (κ3) is 5.01. The van der Waals surface area contributed by atoms with E-state index in [1.165, 1.54) is 0 Å². The minimum Gasteiger partial charge on any atom is -0.378 e. The summed E-state index contributed by atoms with van der Waals surface area (Å²) in [4.78, 5) is 11.3. The van der Waals surface area contributed by atoms with Gasteiger partial charge in [-0.15, -0.1) is 0 Å². The van der Waals surface area contributed by atoms with Crippen LogP contribution in [0.1, 0.15) is 5.56 Å². The summed E-state index contributed by atoms with van der Waals surface area (Å²) in [6.07, 6.45) is 1.01. The molecule has 2 saturated heterocycles. The maximum Gasteiger partial charge on any atom is 0.240 e. The molecule has 2 aromatic carbocycles. The summed E-state index contributed by atoms with van der Waals surface area (Å²) in [6.45, 7) is 2.51. The van der Waals surface area contributed by atoms with E-state index in [9.17, 15) is 8.42 Å². The fourth-order valence-corrected chi connectivity index (χ4v) is 5.63. The maximum atomic E-state index is 12.8. The quantitative estimate of drug-likeness (QED) is 0.515. The van der Waals surface area contributed by atoms with Crippen molar-refractivity contribution in [1.29, 1.82) is 0 Å². The van der Waals surface area contributed by atoms with Crippen molar-refractivity contribution in [3.05, 3.63) is 66.4 Å². The Kier molecular flexibility index (Phi) is 6.45. The molecule has 4 atom stereocenters. The molecule has 2 N–H and O–H groups in total. The predicted octanol–water partition coefficient (Wildman–Crippen LogP) is 2.44. The average Bonchev–Trinajstić information content (AvgIpc) is 3.43. The first-order valence-electron chi connectivity index (χ1n) is 11.5. The second-order valence-electron chi connectivity index (χ2n) is 9.09. The van der Waals surface area contributed by atoms with Crippen molar-refractivity contribution < 1.29 is 17.9 Å². The van der Waals surface area contributed by atoms with E-state index in [2.05, 4.69) is 20.0 Å². The van der Waals surface area contributed by atoms with Gasteiger partial charge in [0, 0.05) is 31.5 Å². The minimum absolute atomic E-state index is 0.194. The number of sulfonamides is 1. The fraction of sp³-hybridized carbons (Fsp3) is 0.360. The van der Waals surface area contributed by atoms with Crippen molar-refractivity contribution >= 4 is 21.7 Å². The van der Waals surface area contributed by atoms with E-state index >= 15 is 0 Å². The smallest absolute Gasteiger partial charge is 0.240 e. The number of aryl methyl sites for hydroxylation is 1. The van der Waals surface area contributed by atoms with Gasteiger partial charge in [0.15, 0.2) is 0 Å².